The number of halogens is 2. The van der Waals surface area contributed by atoms with Gasteiger partial charge < -0.3 is 10.2 Å². The Hall–Kier alpha value is -0.720. The molecule has 0 radical (unpaired) electrons. The number of hydrogen-bond acceptors (Lipinski definition) is 3. The largest absolute Gasteiger partial charge is 0.479 e. The van der Waals surface area contributed by atoms with Crippen molar-refractivity contribution < 1.29 is 19.8 Å². The minimum absolute atomic E-state index is 0.178. The number of carboxylic acids is 1. The number of aliphatic hydroxyl groups excluding tert-OH is 1. The first-order valence-corrected chi connectivity index (χ1v) is 6.44. The van der Waals surface area contributed by atoms with Crippen LogP contribution in [0.5, 0.6) is 0 Å². The van der Waals surface area contributed by atoms with E-state index in [-0.39, 0.29) is 16.2 Å². The molecule has 6 heteroatoms. The highest BCUT2D eigenvalue weighted by Gasteiger charge is 2.20. The predicted molar refractivity (Wildman–Crippen MR) is 69.5 cm³/mol. The van der Waals surface area contributed by atoms with Crippen molar-refractivity contribution in [2.24, 2.45) is 0 Å². The standard InChI is InChI=1S/C11H10Br2O4/c1-5(12)9(14)7-4-6(2-3-8(7)13)10(15)11(16)17/h2-5,10,15H,1H3,(H,16,17). The number of carboxylic acid groups (broad SMARTS) is 1. The summed E-state index contributed by atoms with van der Waals surface area (Å²) in [5, 5.41) is 18.1. The van der Waals surface area contributed by atoms with Gasteiger partial charge in [0.25, 0.3) is 0 Å². The van der Waals surface area contributed by atoms with E-state index < -0.39 is 12.1 Å². The fraction of sp³-hybridized carbons (Fsp3) is 0.273. The number of alkyl halides is 1. The number of Topliss-reactive ketones (excluding diaryl/α,β-unsaturated/α-hetero) is 1. The van der Waals surface area contributed by atoms with Gasteiger partial charge >= 0.3 is 5.97 Å². The second-order valence-corrected chi connectivity index (χ2v) is 5.69. The Morgan fingerprint density at radius 3 is 2.41 bits per heavy atom. The summed E-state index contributed by atoms with van der Waals surface area (Å²) in [4.78, 5) is 22.1. The van der Waals surface area contributed by atoms with E-state index in [0.29, 0.717) is 10.0 Å². The summed E-state index contributed by atoms with van der Waals surface area (Å²) >= 11 is 6.37. The molecule has 1 aromatic carbocycles. The summed E-state index contributed by atoms with van der Waals surface area (Å²) in [7, 11) is 0. The fourth-order valence-electron chi connectivity index (χ4n) is 1.26. The number of rotatable bonds is 4. The van der Waals surface area contributed by atoms with Gasteiger partial charge in [-0.2, -0.15) is 0 Å². The Balaban J connectivity index is 3.19. The first-order chi connectivity index (χ1) is 7.84. The van der Waals surface area contributed by atoms with Crippen LogP contribution in [0.3, 0.4) is 0 Å². The van der Waals surface area contributed by atoms with E-state index >= 15 is 0 Å². The number of benzene rings is 1. The smallest absolute Gasteiger partial charge is 0.337 e. The van der Waals surface area contributed by atoms with Gasteiger partial charge in [0.2, 0.25) is 0 Å². The van der Waals surface area contributed by atoms with Crippen LogP contribution in [-0.2, 0) is 4.79 Å². The molecule has 0 aliphatic rings. The van der Waals surface area contributed by atoms with Crippen molar-refractivity contribution in [3.8, 4) is 0 Å². The minimum atomic E-state index is -1.62. The van der Waals surface area contributed by atoms with Crippen molar-refractivity contribution in [1.82, 2.24) is 0 Å². The molecule has 0 fully saturated rings. The highest BCUT2D eigenvalue weighted by Crippen LogP contribution is 2.24. The number of carbonyl (C=O) groups excluding carboxylic acids is 1. The zero-order chi connectivity index (χ0) is 13.2. The molecule has 4 nitrogen and oxygen atoms in total. The van der Waals surface area contributed by atoms with E-state index in [2.05, 4.69) is 31.9 Å². The number of carbonyl (C=O) groups is 2. The molecule has 0 aliphatic carbocycles. The van der Waals surface area contributed by atoms with E-state index in [1.165, 1.54) is 12.1 Å². The average Bonchev–Trinajstić information content (AvgIpc) is 2.27. The van der Waals surface area contributed by atoms with Gasteiger partial charge in [-0.3, -0.25) is 4.79 Å². The van der Waals surface area contributed by atoms with Crippen LogP contribution >= 0.6 is 31.9 Å². The van der Waals surface area contributed by atoms with Gasteiger partial charge in [-0.25, -0.2) is 4.79 Å². The maximum Gasteiger partial charge on any atom is 0.337 e. The quantitative estimate of drug-likeness (QED) is 0.635. The highest BCUT2D eigenvalue weighted by molar-refractivity contribution is 9.10. The van der Waals surface area contributed by atoms with E-state index in [9.17, 15) is 14.7 Å². The third kappa shape index (κ3) is 3.37. The maximum atomic E-state index is 11.8. The molecule has 2 unspecified atom stereocenters. The SMILES string of the molecule is CC(Br)C(=O)c1cc(C(O)C(=O)O)ccc1Br. The molecular weight excluding hydrogens is 356 g/mol. The van der Waals surface area contributed by atoms with Gasteiger partial charge in [-0.05, 0) is 24.6 Å². The second-order valence-electron chi connectivity index (χ2n) is 3.46. The zero-order valence-corrected chi connectivity index (χ0v) is 12.0. The second kappa shape index (κ2) is 5.75. The molecule has 2 atom stereocenters. The van der Waals surface area contributed by atoms with Crippen molar-refractivity contribution in [2.45, 2.75) is 17.9 Å². The third-order valence-corrected chi connectivity index (χ3v) is 3.27. The van der Waals surface area contributed by atoms with Crippen LogP contribution in [0.15, 0.2) is 22.7 Å². The first kappa shape index (κ1) is 14.3. The number of hydrogen-bond donors (Lipinski definition) is 2. The molecule has 0 amide bonds. The van der Waals surface area contributed by atoms with Crippen molar-refractivity contribution in [2.75, 3.05) is 0 Å². The molecule has 0 saturated carbocycles. The Morgan fingerprint density at radius 1 is 1.35 bits per heavy atom. The summed E-state index contributed by atoms with van der Waals surface area (Å²) in [5.74, 6) is -1.53. The van der Waals surface area contributed by atoms with Crippen LogP contribution < -0.4 is 0 Å². The summed E-state index contributed by atoms with van der Waals surface area (Å²) < 4.78 is 0.565. The molecule has 1 aromatic rings. The van der Waals surface area contributed by atoms with Crippen LogP contribution in [0.4, 0.5) is 0 Å². The molecular formula is C11H10Br2O4. The van der Waals surface area contributed by atoms with Crippen molar-refractivity contribution in [3.63, 3.8) is 0 Å². The van der Waals surface area contributed by atoms with Gasteiger partial charge in [0, 0.05) is 10.0 Å². The molecule has 1 rings (SSSR count). The lowest BCUT2D eigenvalue weighted by Gasteiger charge is -2.10. The molecule has 0 spiro atoms. The average molecular weight is 366 g/mol. The minimum Gasteiger partial charge on any atom is -0.479 e. The van der Waals surface area contributed by atoms with Crippen molar-refractivity contribution in [1.29, 1.82) is 0 Å². The Kier molecular flexibility index (Phi) is 4.85. The summed E-state index contributed by atoms with van der Waals surface area (Å²) in [6.07, 6.45) is -1.62. The van der Waals surface area contributed by atoms with Crippen molar-refractivity contribution in [3.05, 3.63) is 33.8 Å². The summed E-state index contributed by atoms with van der Waals surface area (Å²) in [6, 6.07) is 4.38. The van der Waals surface area contributed by atoms with Gasteiger partial charge in [0.15, 0.2) is 11.9 Å². The lowest BCUT2D eigenvalue weighted by atomic mass is 10.0. The van der Waals surface area contributed by atoms with E-state index in [0.717, 1.165) is 0 Å². The fourth-order valence-corrected chi connectivity index (χ4v) is 1.95. The Morgan fingerprint density at radius 2 is 1.94 bits per heavy atom. The zero-order valence-electron chi connectivity index (χ0n) is 8.85. The van der Waals surface area contributed by atoms with E-state index in [1.807, 2.05) is 0 Å². The Labute approximate surface area is 115 Å². The van der Waals surface area contributed by atoms with Crippen LogP contribution in [0, 0.1) is 0 Å². The molecule has 0 heterocycles. The van der Waals surface area contributed by atoms with Crippen LogP contribution in [0.25, 0.3) is 0 Å². The Bertz CT molecular complexity index is 457. The lowest BCUT2D eigenvalue weighted by Crippen LogP contribution is -2.14. The van der Waals surface area contributed by atoms with Crippen molar-refractivity contribution >= 4 is 43.6 Å². The highest BCUT2D eigenvalue weighted by atomic mass is 79.9. The normalized spacial score (nSPS) is 14.1. The lowest BCUT2D eigenvalue weighted by molar-refractivity contribution is -0.146. The van der Waals surface area contributed by atoms with Crippen LogP contribution in [0.1, 0.15) is 28.9 Å². The molecule has 17 heavy (non-hydrogen) atoms. The van der Waals surface area contributed by atoms with Gasteiger partial charge in [-0.1, -0.05) is 37.9 Å². The number of ketones is 1. The van der Waals surface area contributed by atoms with E-state index in [1.54, 1.807) is 13.0 Å². The van der Waals surface area contributed by atoms with Crippen LogP contribution in [0.2, 0.25) is 0 Å². The molecule has 2 N–H and O–H groups in total. The number of aliphatic carboxylic acids is 1. The van der Waals surface area contributed by atoms with Crippen LogP contribution in [-0.4, -0.2) is 26.8 Å². The monoisotopic (exact) mass is 364 g/mol. The molecule has 0 aromatic heterocycles. The number of aliphatic hydroxyl groups is 1. The molecule has 0 saturated heterocycles. The van der Waals surface area contributed by atoms with Gasteiger partial charge in [0.05, 0.1) is 4.83 Å². The summed E-state index contributed by atoms with van der Waals surface area (Å²) in [6.45, 7) is 1.68. The van der Waals surface area contributed by atoms with E-state index in [4.69, 9.17) is 5.11 Å². The van der Waals surface area contributed by atoms with Gasteiger partial charge in [-0.15, -0.1) is 0 Å². The molecule has 0 aliphatic heterocycles. The predicted octanol–water partition coefficient (Wildman–Crippen LogP) is 2.53. The molecule has 92 valence electrons. The molecule has 0 bridgehead atoms. The van der Waals surface area contributed by atoms with Gasteiger partial charge in [0.1, 0.15) is 0 Å². The topological polar surface area (TPSA) is 74.6 Å². The third-order valence-electron chi connectivity index (χ3n) is 2.17. The first-order valence-electron chi connectivity index (χ1n) is 4.73. The maximum absolute atomic E-state index is 11.8. The summed E-state index contributed by atoms with van der Waals surface area (Å²) in [5.41, 5.74) is 0.518.